The van der Waals surface area contributed by atoms with Crippen molar-refractivity contribution in [2.24, 2.45) is 14.1 Å². The van der Waals surface area contributed by atoms with Gasteiger partial charge in [-0.15, -0.1) is 0 Å². The molecular weight excluding hydrogens is 585 g/mol. The molecule has 0 aliphatic carbocycles. The number of hydrogen-bond donors (Lipinski definition) is 0. The number of rotatable bonds is 5. The third kappa shape index (κ3) is 4.34. The van der Waals surface area contributed by atoms with Crippen molar-refractivity contribution >= 4 is 43.5 Å². The number of hydrogen-bond acceptors (Lipinski definition) is 1. The lowest BCUT2D eigenvalue weighted by Gasteiger charge is -2.30. The molecule has 8 aromatic rings. The van der Waals surface area contributed by atoms with Crippen LogP contribution in [0.5, 0.6) is 0 Å². The minimum atomic E-state index is -0.563. The summed E-state index contributed by atoms with van der Waals surface area (Å²) in [5.74, 6) is 0. The van der Waals surface area contributed by atoms with E-state index in [-0.39, 0.29) is 5.41 Å². The Balaban J connectivity index is 1.45. The summed E-state index contributed by atoms with van der Waals surface area (Å²) in [5, 5.41) is 7.24. The molecular formula is C45H42N2O+2. The molecule has 0 bridgehead atoms. The molecule has 3 aromatic heterocycles. The maximum atomic E-state index is 7.02. The van der Waals surface area contributed by atoms with Crippen LogP contribution in [0.2, 0.25) is 0 Å². The predicted octanol–water partition coefficient (Wildman–Crippen LogP) is 9.84. The van der Waals surface area contributed by atoms with Crippen molar-refractivity contribution in [3.8, 4) is 0 Å². The monoisotopic (exact) mass is 626 g/mol. The highest BCUT2D eigenvalue weighted by atomic mass is 16.3. The third-order valence-electron chi connectivity index (χ3n) is 11.0. The lowest BCUT2D eigenvalue weighted by molar-refractivity contribution is -0.702. The summed E-state index contributed by atoms with van der Waals surface area (Å²) in [5.41, 5.74) is 9.75. The number of benzene rings is 5. The normalized spacial score (nSPS) is 13.5. The van der Waals surface area contributed by atoms with Crippen LogP contribution in [0.3, 0.4) is 0 Å². The second-order valence-electron chi connectivity index (χ2n) is 14.2. The van der Waals surface area contributed by atoms with Crippen LogP contribution in [-0.2, 0) is 24.9 Å². The van der Waals surface area contributed by atoms with E-state index in [1.807, 2.05) is 0 Å². The van der Waals surface area contributed by atoms with Gasteiger partial charge in [0.1, 0.15) is 25.3 Å². The fraction of sp³-hybridized carbons (Fsp3) is 0.200. The molecule has 0 amide bonds. The van der Waals surface area contributed by atoms with E-state index in [0.717, 1.165) is 21.9 Å². The van der Waals surface area contributed by atoms with E-state index < -0.39 is 5.41 Å². The number of furan rings is 1. The van der Waals surface area contributed by atoms with Gasteiger partial charge in [-0.05, 0) is 91.1 Å². The number of nitrogens with zero attached hydrogens (tertiary/aromatic N) is 2. The van der Waals surface area contributed by atoms with Crippen molar-refractivity contribution in [2.75, 3.05) is 0 Å². The summed E-state index contributed by atoms with van der Waals surface area (Å²) in [6.45, 7) is 11.5. The Morgan fingerprint density at radius 2 is 1.25 bits per heavy atom. The molecule has 1 unspecified atom stereocenters. The van der Waals surface area contributed by atoms with E-state index in [1.165, 1.54) is 60.9 Å². The first-order valence-corrected chi connectivity index (χ1v) is 16.9. The Morgan fingerprint density at radius 3 is 2.06 bits per heavy atom. The molecule has 0 aliphatic rings. The highest BCUT2D eigenvalue weighted by Crippen LogP contribution is 2.45. The molecule has 236 valence electrons. The molecule has 1 atom stereocenters. The van der Waals surface area contributed by atoms with Crippen LogP contribution in [0, 0.1) is 13.8 Å². The van der Waals surface area contributed by atoms with Crippen LogP contribution in [0.4, 0.5) is 0 Å². The van der Waals surface area contributed by atoms with Crippen molar-refractivity contribution in [3.63, 3.8) is 0 Å². The second kappa shape index (κ2) is 10.9. The van der Waals surface area contributed by atoms with Gasteiger partial charge < -0.3 is 4.42 Å². The first-order valence-electron chi connectivity index (χ1n) is 16.9. The average molecular weight is 627 g/mol. The van der Waals surface area contributed by atoms with Gasteiger partial charge in [0.05, 0.1) is 5.41 Å². The zero-order valence-electron chi connectivity index (χ0n) is 28.9. The molecule has 0 saturated heterocycles. The largest absolute Gasteiger partial charge is 0.456 e. The molecule has 0 fully saturated rings. The van der Waals surface area contributed by atoms with Gasteiger partial charge in [0, 0.05) is 40.6 Å². The van der Waals surface area contributed by atoms with Gasteiger partial charge in [-0.2, -0.15) is 0 Å². The molecule has 0 spiro atoms. The minimum absolute atomic E-state index is 0.223. The Morgan fingerprint density at radius 1 is 0.542 bits per heavy atom. The lowest BCUT2D eigenvalue weighted by atomic mass is 9.72. The molecule has 0 N–H and O–H groups in total. The number of pyridine rings is 2. The van der Waals surface area contributed by atoms with Crippen LogP contribution in [0.1, 0.15) is 60.1 Å². The zero-order valence-corrected chi connectivity index (χ0v) is 28.9. The topological polar surface area (TPSA) is 20.9 Å². The van der Waals surface area contributed by atoms with Crippen LogP contribution < -0.4 is 9.13 Å². The first-order chi connectivity index (χ1) is 23.1. The number of aromatic nitrogens is 2. The Bertz CT molecular complexity index is 2550. The fourth-order valence-electron chi connectivity index (χ4n) is 8.62. The molecule has 3 nitrogen and oxygen atoms in total. The third-order valence-corrected chi connectivity index (χ3v) is 11.0. The van der Waals surface area contributed by atoms with E-state index in [0.29, 0.717) is 0 Å². The van der Waals surface area contributed by atoms with Crippen LogP contribution >= 0.6 is 0 Å². The highest BCUT2D eigenvalue weighted by Gasteiger charge is 2.48. The van der Waals surface area contributed by atoms with E-state index in [9.17, 15) is 0 Å². The van der Waals surface area contributed by atoms with Gasteiger partial charge in [0.2, 0.25) is 11.4 Å². The fourth-order valence-corrected chi connectivity index (χ4v) is 8.62. The molecule has 0 aliphatic heterocycles. The molecule has 0 radical (unpaired) electrons. The van der Waals surface area contributed by atoms with Crippen LogP contribution in [0.15, 0.2) is 132 Å². The SMILES string of the molecule is Cc1ccccc1C(C)(C)c1cccc(C(C)(c2c(C)ccc3c2oc2cc4ccc5ccccc5c4cc23)c2cccc[n+]2C)[n+]1C. The predicted molar refractivity (Wildman–Crippen MR) is 198 cm³/mol. The van der Waals surface area contributed by atoms with Crippen LogP contribution in [0.25, 0.3) is 43.5 Å². The lowest BCUT2D eigenvalue weighted by Crippen LogP contribution is -2.53. The van der Waals surface area contributed by atoms with Gasteiger partial charge in [0.25, 0.3) is 0 Å². The zero-order chi connectivity index (χ0) is 33.4. The summed E-state index contributed by atoms with van der Waals surface area (Å²) in [4.78, 5) is 0. The molecule has 3 heteroatoms. The van der Waals surface area contributed by atoms with Gasteiger partial charge in [-0.3, -0.25) is 0 Å². The van der Waals surface area contributed by atoms with Crippen molar-refractivity contribution in [1.29, 1.82) is 0 Å². The van der Waals surface area contributed by atoms with Gasteiger partial charge in [-0.25, -0.2) is 9.13 Å². The van der Waals surface area contributed by atoms with E-state index >= 15 is 0 Å². The van der Waals surface area contributed by atoms with E-state index in [1.54, 1.807) is 0 Å². The molecule has 3 heterocycles. The molecule has 5 aromatic carbocycles. The Kier molecular flexibility index (Phi) is 6.82. The molecule has 8 rings (SSSR count). The average Bonchev–Trinajstić information content (AvgIpc) is 3.44. The molecule has 48 heavy (non-hydrogen) atoms. The van der Waals surface area contributed by atoms with E-state index in [2.05, 4.69) is 185 Å². The van der Waals surface area contributed by atoms with E-state index in [4.69, 9.17) is 4.42 Å². The first kappa shape index (κ1) is 30.1. The van der Waals surface area contributed by atoms with Crippen molar-refractivity contribution in [1.82, 2.24) is 0 Å². The second-order valence-corrected chi connectivity index (χ2v) is 14.2. The summed E-state index contributed by atoms with van der Waals surface area (Å²) in [6.07, 6.45) is 2.15. The quantitative estimate of drug-likeness (QED) is 0.138. The maximum Gasteiger partial charge on any atom is 0.202 e. The molecule has 0 saturated carbocycles. The summed E-state index contributed by atoms with van der Waals surface area (Å²) in [7, 11) is 4.39. The minimum Gasteiger partial charge on any atom is -0.456 e. The Hall–Kier alpha value is -5.28. The number of aryl methyl sites for hydroxylation is 3. The van der Waals surface area contributed by atoms with Crippen LogP contribution in [-0.4, -0.2) is 0 Å². The summed E-state index contributed by atoms with van der Waals surface area (Å²) < 4.78 is 11.7. The van der Waals surface area contributed by atoms with Crippen molar-refractivity contribution in [3.05, 3.63) is 167 Å². The smallest absolute Gasteiger partial charge is 0.202 e. The van der Waals surface area contributed by atoms with Gasteiger partial charge >= 0.3 is 0 Å². The van der Waals surface area contributed by atoms with Gasteiger partial charge in [0.15, 0.2) is 17.3 Å². The Labute approximate surface area is 282 Å². The standard InChI is InChI=1S/C45H42N2O/c1-29-15-8-11-18-37(29)44(3,4)39-20-14-21-41(47(39)7)45(5,40-19-12-13-26-46(40)6)42-30(2)22-25-34-36-28-35-32(27-38(36)48-43(34)42)24-23-31-16-9-10-17-33(31)35/h8-28H,1-7H3/q+2. The van der Waals surface area contributed by atoms with Crippen molar-refractivity contribution in [2.45, 2.75) is 45.4 Å². The maximum absolute atomic E-state index is 7.02. The summed E-state index contributed by atoms with van der Waals surface area (Å²) in [6, 6.07) is 44.3. The highest BCUT2D eigenvalue weighted by molar-refractivity contribution is 6.16. The summed E-state index contributed by atoms with van der Waals surface area (Å²) >= 11 is 0. The van der Waals surface area contributed by atoms with Crippen molar-refractivity contribution < 1.29 is 13.6 Å². The van der Waals surface area contributed by atoms with Gasteiger partial charge in [-0.1, -0.05) is 78.9 Å². The number of fused-ring (bicyclic) bond motifs is 6.